The van der Waals surface area contributed by atoms with Crippen LogP contribution in [0.15, 0.2) is 54.9 Å². The van der Waals surface area contributed by atoms with E-state index in [0.717, 1.165) is 59.0 Å². The van der Waals surface area contributed by atoms with E-state index in [1.54, 1.807) is 6.20 Å². The molecular weight excluding hydrogens is 450 g/mol. The van der Waals surface area contributed by atoms with Gasteiger partial charge in [0.15, 0.2) is 0 Å². The van der Waals surface area contributed by atoms with E-state index in [1.165, 1.54) is 0 Å². The molecule has 0 spiro atoms. The molecule has 1 aliphatic heterocycles. The number of carboxylic acids is 1. The number of nitrogens with one attached hydrogen (secondary N) is 1. The van der Waals surface area contributed by atoms with Gasteiger partial charge in [0.2, 0.25) is 0 Å². The molecule has 0 bridgehead atoms. The average molecular weight is 476 g/mol. The number of piperidine rings is 1. The number of hydrogen-bond donors (Lipinski definition) is 2. The summed E-state index contributed by atoms with van der Waals surface area (Å²) in [5.41, 5.74) is 4.33. The molecule has 0 saturated carbocycles. The lowest BCUT2D eigenvalue weighted by Gasteiger charge is -2.44. The van der Waals surface area contributed by atoms with Gasteiger partial charge in [-0.25, -0.2) is 9.97 Å². The Morgan fingerprint density at radius 3 is 2.62 bits per heavy atom. The number of nitrogens with zero attached hydrogens (tertiary/aromatic N) is 4. The molecule has 4 aromatic rings. The van der Waals surface area contributed by atoms with Crippen LogP contribution >= 0.6 is 11.6 Å². The number of pyridine rings is 2. The third-order valence-corrected chi connectivity index (χ3v) is 6.96. The molecule has 5 rings (SSSR count). The number of aromatic nitrogens is 4. The lowest BCUT2D eigenvalue weighted by Crippen LogP contribution is -2.46. The highest BCUT2D eigenvalue weighted by atomic mass is 35.5. The summed E-state index contributed by atoms with van der Waals surface area (Å²) < 4.78 is 0. The van der Waals surface area contributed by atoms with E-state index in [9.17, 15) is 9.90 Å². The molecule has 1 aliphatic rings. The molecule has 1 fully saturated rings. The second kappa shape index (κ2) is 8.72. The number of H-pyrrole nitrogens is 1. The van der Waals surface area contributed by atoms with Crippen molar-refractivity contribution in [2.75, 3.05) is 18.0 Å². The Balaban J connectivity index is 1.30. The first-order valence-corrected chi connectivity index (χ1v) is 11.7. The van der Waals surface area contributed by atoms with Crippen molar-refractivity contribution in [2.45, 2.75) is 26.7 Å². The topological polar surface area (TPSA) is 95.0 Å². The Morgan fingerprint density at radius 2 is 1.94 bits per heavy atom. The Labute approximate surface area is 202 Å². The Morgan fingerprint density at radius 1 is 1.15 bits per heavy atom. The van der Waals surface area contributed by atoms with Crippen LogP contribution in [0.1, 0.15) is 26.7 Å². The molecule has 4 heterocycles. The van der Waals surface area contributed by atoms with Crippen LogP contribution < -0.4 is 4.90 Å². The highest BCUT2D eigenvalue weighted by Gasteiger charge is 2.37. The van der Waals surface area contributed by atoms with Gasteiger partial charge in [-0.2, -0.15) is 0 Å². The number of aliphatic carboxylic acids is 1. The van der Waals surface area contributed by atoms with E-state index >= 15 is 0 Å². The molecule has 34 heavy (non-hydrogen) atoms. The van der Waals surface area contributed by atoms with Gasteiger partial charge in [0, 0.05) is 48.1 Å². The highest BCUT2D eigenvalue weighted by molar-refractivity contribution is 6.31. The minimum absolute atomic E-state index is 0.0869. The quantitative estimate of drug-likeness (QED) is 0.386. The van der Waals surface area contributed by atoms with Crippen molar-refractivity contribution in [3.8, 4) is 22.6 Å². The fourth-order valence-corrected chi connectivity index (χ4v) is 4.91. The van der Waals surface area contributed by atoms with Gasteiger partial charge in [-0.3, -0.25) is 9.78 Å². The van der Waals surface area contributed by atoms with Crippen LogP contribution in [-0.2, 0) is 4.79 Å². The second-order valence-electron chi connectivity index (χ2n) is 9.58. The molecule has 3 aromatic heterocycles. The molecule has 2 N–H and O–H groups in total. The molecular formula is C26H26ClN5O2. The van der Waals surface area contributed by atoms with Crippen molar-refractivity contribution in [3.63, 3.8) is 0 Å². The minimum Gasteiger partial charge on any atom is -0.481 e. The Kier molecular flexibility index (Phi) is 5.73. The molecule has 0 radical (unpaired) electrons. The number of imidazole rings is 1. The van der Waals surface area contributed by atoms with Crippen molar-refractivity contribution < 1.29 is 9.90 Å². The number of aromatic amines is 1. The van der Waals surface area contributed by atoms with Gasteiger partial charge in [-0.1, -0.05) is 25.4 Å². The zero-order chi connectivity index (χ0) is 23.9. The van der Waals surface area contributed by atoms with Crippen LogP contribution in [-0.4, -0.2) is 44.1 Å². The van der Waals surface area contributed by atoms with Crippen LogP contribution in [0.5, 0.6) is 0 Å². The van der Waals surface area contributed by atoms with E-state index in [2.05, 4.69) is 38.7 Å². The van der Waals surface area contributed by atoms with Crippen LogP contribution in [0.25, 0.3) is 33.7 Å². The van der Waals surface area contributed by atoms with Crippen LogP contribution in [0, 0.1) is 11.3 Å². The summed E-state index contributed by atoms with van der Waals surface area (Å²) in [6.07, 6.45) is 4.71. The molecule has 174 valence electrons. The van der Waals surface area contributed by atoms with Crippen LogP contribution in [0.4, 0.5) is 5.82 Å². The van der Waals surface area contributed by atoms with Gasteiger partial charge in [0.25, 0.3) is 0 Å². The number of anilines is 1. The number of halogens is 1. The highest BCUT2D eigenvalue weighted by Crippen LogP contribution is 2.38. The van der Waals surface area contributed by atoms with Gasteiger partial charge >= 0.3 is 5.97 Å². The van der Waals surface area contributed by atoms with Crippen molar-refractivity contribution >= 4 is 34.4 Å². The van der Waals surface area contributed by atoms with Crippen LogP contribution in [0.3, 0.4) is 0 Å². The number of benzene rings is 1. The van der Waals surface area contributed by atoms with Crippen molar-refractivity contribution in [1.29, 1.82) is 0 Å². The fourth-order valence-electron chi connectivity index (χ4n) is 4.74. The van der Waals surface area contributed by atoms with E-state index < -0.39 is 5.97 Å². The van der Waals surface area contributed by atoms with Gasteiger partial charge in [-0.05, 0) is 60.2 Å². The first-order valence-electron chi connectivity index (χ1n) is 11.3. The number of carboxylic acid groups (broad SMARTS) is 1. The Bertz CT molecular complexity index is 1330. The van der Waals surface area contributed by atoms with Gasteiger partial charge in [0.1, 0.15) is 11.6 Å². The molecule has 1 aromatic carbocycles. The predicted molar refractivity (Wildman–Crippen MR) is 134 cm³/mol. The molecule has 1 unspecified atom stereocenters. The molecule has 1 atom stereocenters. The van der Waals surface area contributed by atoms with E-state index in [-0.39, 0.29) is 17.8 Å². The molecule has 1 saturated heterocycles. The first kappa shape index (κ1) is 22.3. The molecule has 0 aliphatic carbocycles. The third-order valence-electron chi connectivity index (χ3n) is 6.72. The Hall–Kier alpha value is -3.45. The maximum atomic E-state index is 11.2. The summed E-state index contributed by atoms with van der Waals surface area (Å²) in [5.74, 6) is 1.10. The largest absolute Gasteiger partial charge is 0.481 e. The summed E-state index contributed by atoms with van der Waals surface area (Å²) in [7, 11) is 0. The number of carbonyl (C=O) groups is 1. The van der Waals surface area contributed by atoms with Crippen molar-refractivity contribution in [2.24, 2.45) is 11.3 Å². The predicted octanol–water partition coefficient (Wildman–Crippen LogP) is 5.67. The summed E-state index contributed by atoms with van der Waals surface area (Å²) in [6, 6.07) is 13.6. The van der Waals surface area contributed by atoms with Crippen molar-refractivity contribution in [1.82, 2.24) is 19.9 Å². The smallest absolute Gasteiger partial charge is 0.303 e. The molecule has 0 amide bonds. The molecule has 7 nitrogen and oxygen atoms in total. The fraction of sp³-hybridized carbons (Fsp3) is 0.308. The van der Waals surface area contributed by atoms with Gasteiger partial charge in [-0.15, -0.1) is 0 Å². The van der Waals surface area contributed by atoms with Gasteiger partial charge < -0.3 is 15.0 Å². The van der Waals surface area contributed by atoms with Gasteiger partial charge in [0.05, 0.1) is 16.7 Å². The summed E-state index contributed by atoms with van der Waals surface area (Å²) >= 11 is 6.07. The lowest BCUT2D eigenvalue weighted by molar-refractivity contribution is -0.139. The zero-order valence-electron chi connectivity index (χ0n) is 19.1. The van der Waals surface area contributed by atoms with E-state index in [1.807, 2.05) is 48.7 Å². The maximum Gasteiger partial charge on any atom is 0.303 e. The number of hydrogen-bond acceptors (Lipinski definition) is 5. The number of rotatable bonds is 5. The van der Waals surface area contributed by atoms with Crippen molar-refractivity contribution in [3.05, 3.63) is 59.9 Å². The number of fused-ring (bicyclic) bond motifs is 1. The normalized spacial score (nSPS) is 17.7. The zero-order valence-corrected chi connectivity index (χ0v) is 19.9. The monoisotopic (exact) mass is 475 g/mol. The third kappa shape index (κ3) is 4.48. The SMILES string of the molecule is CC1(C)CN(c2ccc(-c3ccc(-c4nc5ccc(Cl)cc5[nH]4)cn3)cn2)CCC1CC(=O)O. The van der Waals surface area contributed by atoms with E-state index in [4.69, 9.17) is 11.6 Å². The summed E-state index contributed by atoms with van der Waals surface area (Å²) in [6.45, 7) is 5.88. The van der Waals surface area contributed by atoms with E-state index in [0.29, 0.717) is 5.02 Å². The lowest BCUT2D eigenvalue weighted by atomic mass is 9.72. The standard InChI is InChI=1S/C26H26ClN5O2/c1-26(2)15-32(10-9-18(26)11-24(33)34)23-8-4-16(13-29-23)20-6-3-17(14-28-20)25-30-21-7-5-19(27)12-22(21)31-25/h3-8,12-14,18H,9-11,15H2,1-2H3,(H,30,31)(H,33,34). The molecule has 8 heteroatoms. The summed E-state index contributed by atoms with van der Waals surface area (Å²) in [4.78, 5) is 30.6. The maximum absolute atomic E-state index is 11.2. The first-order chi connectivity index (χ1) is 16.3. The summed E-state index contributed by atoms with van der Waals surface area (Å²) in [5, 5.41) is 9.87. The average Bonchev–Trinajstić information content (AvgIpc) is 3.23. The minimum atomic E-state index is -0.725. The second-order valence-corrected chi connectivity index (χ2v) is 10.0. The van der Waals surface area contributed by atoms with Crippen LogP contribution in [0.2, 0.25) is 5.02 Å².